The summed E-state index contributed by atoms with van der Waals surface area (Å²) < 4.78 is 57.6. The highest BCUT2D eigenvalue weighted by atomic mass is 32.2. The number of hydrogen-bond acceptors (Lipinski definition) is 5. The van der Waals surface area contributed by atoms with E-state index in [1.807, 2.05) is 0 Å². The molecule has 0 radical (unpaired) electrons. The summed E-state index contributed by atoms with van der Waals surface area (Å²) in [6.45, 7) is 0. The molecular weight excluding hydrogens is 383 g/mol. The van der Waals surface area contributed by atoms with E-state index in [2.05, 4.69) is 10.3 Å². The lowest BCUT2D eigenvalue weighted by Crippen LogP contribution is -2.13. The van der Waals surface area contributed by atoms with Crippen molar-refractivity contribution in [1.29, 1.82) is 0 Å². The number of nitrogens with two attached hydrogens (primary N) is 1. The summed E-state index contributed by atoms with van der Waals surface area (Å²) in [6, 6.07) is 7.20. The molecule has 27 heavy (non-hydrogen) atoms. The Morgan fingerprint density at radius 2 is 1.78 bits per heavy atom. The van der Waals surface area contributed by atoms with Crippen molar-refractivity contribution in [1.82, 2.24) is 4.98 Å². The average Bonchev–Trinajstić information content (AvgIpc) is 2.98. The zero-order chi connectivity index (χ0) is 19.7. The van der Waals surface area contributed by atoms with Gasteiger partial charge in [-0.2, -0.15) is 0 Å². The molecule has 0 saturated heterocycles. The number of carbonyl (C=O) groups is 1. The molecule has 0 spiro atoms. The van der Waals surface area contributed by atoms with Crippen LogP contribution in [0.1, 0.15) is 10.5 Å². The number of nitrogens with zero attached hydrogens (tertiary/aromatic N) is 1. The molecule has 3 rings (SSSR count). The van der Waals surface area contributed by atoms with Gasteiger partial charge in [0.1, 0.15) is 29.3 Å². The quantitative estimate of drug-likeness (QED) is 0.645. The molecule has 0 aliphatic carbocycles. The number of amides is 1. The summed E-state index contributed by atoms with van der Waals surface area (Å²) in [5.41, 5.74) is 4.53. The molecular formula is C17H12F3N3O3S. The lowest BCUT2D eigenvalue weighted by Gasteiger charge is -2.06. The van der Waals surface area contributed by atoms with Crippen LogP contribution in [0, 0.1) is 17.5 Å². The lowest BCUT2D eigenvalue weighted by molar-refractivity contribution is 0.0996. The van der Waals surface area contributed by atoms with Crippen LogP contribution in [0.4, 0.5) is 24.7 Å². The van der Waals surface area contributed by atoms with E-state index >= 15 is 0 Å². The Hall–Kier alpha value is -2.98. The fraction of sp³-hybridized carbons (Fsp3) is 0.0588. The van der Waals surface area contributed by atoms with E-state index in [1.165, 1.54) is 6.26 Å². The molecule has 1 atom stereocenters. The van der Waals surface area contributed by atoms with E-state index in [0.29, 0.717) is 22.7 Å². The number of benzene rings is 2. The van der Waals surface area contributed by atoms with Gasteiger partial charge in [0.25, 0.3) is 5.91 Å². The van der Waals surface area contributed by atoms with E-state index < -0.39 is 51.7 Å². The van der Waals surface area contributed by atoms with Gasteiger partial charge in [-0.25, -0.2) is 18.2 Å². The summed E-state index contributed by atoms with van der Waals surface area (Å²) in [4.78, 5) is 15.9. The van der Waals surface area contributed by atoms with Crippen molar-refractivity contribution in [3.05, 3.63) is 59.5 Å². The van der Waals surface area contributed by atoms with Crippen LogP contribution < -0.4 is 11.1 Å². The van der Waals surface area contributed by atoms with E-state index in [-0.39, 0.29) is 5.88 Å². The molecule has 140 valence electrons. The van der Waals surface area contributed by atoms with Crippen molar-refractivity contribution in [2.45, 2.75) is 4.90 Å². The van der Waals surface area contributed by atoms with E-state index in [1.54, 1.807) is 24.3 Å². The first-order chi connectivity index (χ1) is 12.8. The Bertz CT molecular complexity index is 983. The molecule has 3 N–H and O–H groups in total. The van der Waals surface area contributed by atoms with Crippen molar-refractivity contribution in [2.75, 3.05) is 11.6 Å². The molecule has 0 aliphatic rings. The predicted octanol–water partition coefficient (Wildman–Crippen LogP) is 3.34. The monoisotopic (exact) mass is 395 g/mol. The Labute approximate surface area is 154 Å². The van der Waals surface area contributed by atoms with Crippen LogP contribution in [0.5, 0.6) is 0 Å². The number of aromatic nitrogens is 1. The van der Waals surface area contributed by atoms with Crippen LogP contribution in [-0.2, 0) is 11.2 Å². The number of nitrogens with one attached hydrogen (secondary N) is 1. The zero-order valence-electron chi connectivity index (χ0n) is 13.8. The van der Waals surface area contributed by atoms with E-state index in [0.717, 1.165) is 0 Å². The van der Waals surface area contributed by atoms with Gasteiger partial charge < -0.3 is 20.0 Å². The van der Waals surface area contributed by atoms with Crippen molar-refractivity contribution in [3.8, 4) is 11.5 Å². The van der Waals surface area contributed by atoms with Gasteiger partial charge in [0.05, 0.1) is 0 Å². The van der Waals surface area contributed by atoms with Gasteiger partial charge in [-0.05, 0) is 35.4 Å². The minimum Gasteiger partial charge on any atom is -0.612 e. The van der Waals surface area contributed by atoms with Crippen molar-refractivity contribution < 1.29 is 26.9 Å². The molecule has 6 nitrogen and oxygen atoms in total. The third-order valence-corrected chi connectivity index (χ3v) is 4.46. The van der Waals surface area contributed by atoms with Gasteiger partial charge in [-0.1, -0.05) is 0 Å². The Morgan fingerprint density at radius 1 is 1.19 bits per heavy atom. The van der Waals surface area contributed by atoms with Crippen LogP contribution in [0.2, 0.25) is 0 Å². The molecule has 2 aromatic carbocycles. The molecule has 0 aliphatic heterocycles. The van der Waals surface area contributed by atoms with Crippen molar-refractivity contribution in [3.63, 3.8) is 0 Å². The maximum absolute atomic E-state index is 13.9. The Morgan fingerprint density at radius 3 is 2.30 bits per heavy atom. The predicted molar refractivity (Wildman–Crippen MR) is 92.4 cm³/mol. The lowest BCUT2D eigenvalue weighted by atomic mass is 10.2. The molecule has 0 saturated carbocycles. The number of anilines is 2. The first-order valence-electron chi connectivity index (χ1n) is 7.42. The largest absolute Gasteiger partial charge is 0.612 e. The highest BCUT2D eigenvalue weighted by Crippen LogP contribution is 2.31. The number of oxazole rings is 1. The smallest absolute Gasteiger partial charge is 0.273 e. The van der Waals surface area contributed by atoms with Gasteiger partial charge >= 0.3 is 0 Å². The number of hydrogen-bond donors (Lipinski definition) is 2. The number of halogens is 3. The standard InChI is InChI=1S/C17H12F3N3O3S/c1-27(25)10-4-2-9(3-5-10)22-17-14(15(21)24)23-16(26-17)13-11(19)6-8(18)7-12(13)20/h2-7,22H,1H3,(H2,21,24). The van der Waals surface area contributed by atoms with Gasteiger partial charge in [0.15, 0.2) is 10.6 Å². The van der Waals surface area contributed by atoms with Crippen LogP contribution in [0.25, 0.3) is 11.5 Å². The highest BCUT2D eigenvalue weighted by molar-refractivity contribution is 7.90. The van der Waals surface area contributed by atoms with Crippen LogP contribution in [0.3, 0.4) is 0 Å². The number of primary amides is 1. The molecule has 1 amide bonds. The highest BCUT2D eigenvalue weighted by Gasteiger charge is 2.24. The van der Waals surface area contributed by atoms with Crippen LogP contribution in [0.15, 0.2) is 45.7 Å². The molecule has 10 heteroatoms. The van der Waals surface area contributed by atoms with Gasteiger partial charge in [-0.3, -0.25) is 4.79 Å². The SMILES string of the molecule is C[S+]([O-])c1ccc(Nc2oc(-c3c(F)cc(F)cc3F)nc2C(N)=O)cc1. The van der Waals surface area contributed by atoms with Gasteiger partial charge in [0.2, 0.25) is 11.8 Å². The maximum Gasteiger partial charge on any atom is 0.273 e. The molecule has 1 unspecified atom stereocenters. The summed E-state index contributed by atoms with van der Waals surface area (Å²) in [7, 11) is 0. The molecule has 0 fully saturated rings. The van der Waals surface area contributed by atoms with Crippen LogP contribution in [-0.4, -0.2) is 21.7 Å². The second-order valence-corrected chi connectivity index (χ2v) is 6.79. The van der Waals surface area contributed by atoms with Crippen LogP contribution >= 0.6 is 0 Å². The summed E-state index contributed by atoms with van der Waals surface area (Å²) >= 11 is -1.18. The van der Waals surface area contributed by atoms with E-state index in [4.69, 9.17) is 10.2 Å². The third kappa shape index (κ3) is 3.91. The molecule has 1 aromatic heterocycles. The Balaban J connectivity index is 2.00. The summed E-state index contributed by atoms with van der Waals surface area (Å²) in [5.74, 6) is -5.42. The minimum atomic E-state index is -1.24. The summed E-state index contributed by atoms with van der Waals surface area (Å²) in [5, 5.41) is 2.71. The first kappa shape index (κ1) is 18.8. The molecule has 0 bridgehead atoms. The molecule has 3 aromatic rings. The fourth-order valence-electron chi connectivity index (χ4n) is 2.29. The number of rotatable bonds is 5. The first-order valence-corrected chi connectivity index (χ1v) is 8.98. The second-order valence-electron chi connectivity index (χ2n) is 5.41. The molecule has 1 heterocycles. The number of carbonyl (C=O) groups excluding carboxylic acids is 1. The topological polar surface area (TPSA) is 104 Å². The van der Waals surface area contributed by atoms with E-state index in [9.17, 15) is 22.5 Å². The van der Waals surface area contributed by atoms with Crippen molar-refractivity contribution >= 4 is 28.7 Å². The van der Waals surface area contributed by atoms with Gasteiger partial charge in [0, 0.05) is 17.8 Å². The zero-order valence-corrected chi connectivity index (χ0v) is 14.6. The Kier molecular flexibility index (Phi) is 5.10. The normalized spacial score (nSPS) is 12.0. The average molecular weight is 395 g/mol. The minimum absolute atomic E-state index is 0.244. The fourth-order valence-corrected chi connectivity index (χ4v) is 2.81. The summed E-state index contributed by atoms with van der Waals surface area (Å²) in [6.07, 6.45) is 1.52. The van der Waals surface area contributed by atoms with Crippen molar-refractivity contribution in [2.24, 2.45) is 5.73 Å². The van der Waals surface area contributed by atoms with Gasteiger partial charge in [-0.15, -0.1) is 0 Å². The second kappa shape index (κ2) is 7.33. The third-order valence-electron chi connectivity index (χ3n) is 3.53. The maximum atomic E-state index is 13.9.